The normalized spacial score (nSPS) is 10.5. The van der Waals surface area contributed by atoms with Crippen LogP contribution in [0, 0.1) is 13.8 Å². The van der Waals surface area contributed by atoms with Crippen LogP contribution in [0.2, 0.25) is 0 Å². The molecule has 2 aromatic carbocycles. The van der Waals surface area contributed by atoms with Crippen LogP contribution in [0.4, 0.5) is 16.2 Å². The first-order valence-corrected chi connectivity index (χ1v) is 7.21. The highest BCUT2D eigenvalue weighted by atomic mass is 16.2. The summed E-state index contributed by atoms with van der Waals surface area (Å²) in [6.07, 6.45) is 0. The quantitative estimate of drug-likeness (QED) is 0.810. The number of anilines is 2. The number of hydrogen-bond acceptors (Lipinski definition) is 1. The van der Waals surface area contributed by atoms with Gasteiger partial charge in [0.1, 0.15) is 0 Å². The van der Waals surface area contributed by atoms with Crippen LogP contribution < -0.4 is 10.6 Å². The molecule has 0 spiro atoms. The van der Waals surface area contributed by atoms with Gasteiger partial charge in [-0.05, 0) is 60.7 Å². The lowest BCUT2D eigenvalue weighted by atomic mass is 10.0. The van der Waals surface area contributed by atoms with Gasteiger partial charge in [0.2, 0.25) is 0 Å². The predicted octanol–water partition coefficient (Wildman–Crippen LogP) is 5.07. The van der Waals surface area contributed by atoms with Gasteiger partial charge in [0.05, 0.1) is 0 Å². The summed E-state index contributed by atoms with van der Waals surface area (Å²) in [6, 6.07) is 13.6. The molecule has 0 bridgehead atoms. The number of amides is 2. The van der Waals surface area contributed by atoms with E-state index in [-0.39, 0.29) is 6.03 Å². The van der Waals surface area contributed by atoms with Crippen LogP contribution in [0.15, 0.2) is 42.5 Å². The maximum absolute atomic E-state index is 12.0. The van der Waals surface area contributed by atoms with Crippen LogP contribution in [0.5, 0.6) is 0 Å². The average molecular weight is 282 g/mol. The molecule has 0 unspecified atom stereocenters. The Morgan fingerprint density at radius 3 is 2.00 bits per heavy atom. The molecule has 0 aliphatic rings. The maximum Gasteiger partial charge on any atom is 0.323 e. The summed E-state index contributed by atoms with van der Waals surface area (Å²) >= 11 is 0. The highest BCUT2D eigenvalue weighted by Gasteiger charge is 2.04. The summed E-state index contributed by atoms with van der Waals surface area (Å²) < 4.78 is 0. The van der Waals surface area contributed by atoms with E-state index in [1.165, 1.54) is 11.1 Å². The summed E-state index contributed by atoms with van der Waals surface area (Å²) in [5.41, 5.74) is 5.23. The molecule has 2 aromatic rings. The molecule has 0 aliphatic heterocycles. The van der Waals surface area contributed by atoms with E-state index in [2.05, 4.69) is 31.4 Å². The molecule has 0 saturated carbocycles. The highest BCUT2D eigenvalue weighted by molar-refractivity contribution is 5.99. The second kappa shape index (κ2) is 6.44. The van der Waals surface area contributed by atoms with E-state index in [0.717, 1.165) is 16.9 Å². The zero-order valence-corrected chi connectivity index (χ0v) is 13.0. The topological polar surface area (TPSA) is 41.1 Å². The van der Waals surface area contributed by atoms with Gasteiger partial charge in [-0.15, -0.1) is 0 Å². The van der Waals surface area contributed by atoms with Crippen molar-refractivity contribution >= 4 is 17.4 Å². The number of rotatable bonds is 3. The Kier molecular flexibility index (Phi) is 4.63. The number of nitrogens with one attached hydrogen (secondary N) is 2. The average Bonchev–Trinajstić information content (AvgIpc) is 2.43. The molecule has 110 valence electrons. The van der Waals surface area contributed by atoms with E-state index < -0.39 is 0 Å². The SMILES string of the molecule is Cc1ccc(NC(=O)Nc2ccc(C(C)C)cc2)cc1C. The largest absolute Gasteiger partial charge is 0.323 e. The van der Waals surface area contributed by atoms with Crippen molar-refractivity contribution in [2.45, 2.75) is 33.6 Å². The molecular formula is C18H22N2O. The summed E-state index contributed by atoms with van der Waals surface area (Å²) in [5.74, 6) is 0.489. The summed E-state index contributed by atoms with van der Waals surface area (Å²) in [5, 5.41) is 5.69. The van der Waals surface area contributed by atoms with E-state index in [9.17, 15) is 4.79 Å². The van der Waals surface area contributed by atoms with Crippen LogP contribution in [0.3, 0.4) is 0 Å². The van der Waals surface area contributed by atoms with Gasteiger partial charge in [0.25, 0.3) is 0 Å². The minimum Gasteiger partial charge on any atom is -0.308 e. The van der Waals surface area contributed by atoms with Gasteiger partial charge in [0.15, 0.2) is 0 Å². The molecule has 2 N–H and O–H groups in total. The van der Waals surface area contributed by atoms with Crippen molar-refractivity contribution in [1.82, 2.24) is 0 Å². The Morgan fingerprint density at radius 2 is 1.43 bits per heavy atom. The molecule has 0 atom stereocenters. The van der Waals surface area contributed by atoms with Crippen LogP contribution in [0.1, 0.15) is 36.5 Å². The number of aryl methyl sites for hydroxylation is 2. The maximum atomic E-state index is 12.0. The molecule has 3 nitrogen and oxygen atoms in total. The highest BCUT2D eigenvalue weighted by Crippen LogP contribution is 2.18. The Bertz CT molecular complexity index is 630. The number of urea groups is 1. The van der Waals surface area contributed by atoms with Crippen molar-refractivity contribution in [1.29, 1.82) is 0 Å². The molecule has 0 aromatic heterocycles. The standard InChI is InChI=1S/C18H22N2O/c1-12(2)15-6-9-16(10-7-15)19-18(21)20-17-8-5-13(3)14(4)11-17/h5-12H,1-4H3,(H2,19,20,21). The third-order valence-electron chi connectivity index (χ3n) is 3.60. The zero-order valence-electron chi connectivity index (χ0n) is 13.0. The molecule has 2 amide bonds. The van der Waals surface area contributed by atoms with Crippen LogP contribution in [-0.2, 0) is 0 Å². The first kappa shape index (κ1) is 15.1. The lowest BCUT2D eigenvalue weighted by Crippen LogP contribution is -2.19. The lowest BCUT2D eigenvalue weighted by molar-refractivity contribution is 0.262. The van der Waals surface area contributed by atoms with Crippen molar-refractivity contribution < 1.29 is 4.79 Å². The van der Waals surface area contributed by atoms with Gasteiger partial charge < -0.3 is 10.6 Å². The van der Waals surface area contributed by atoms with Crippen molar-refractivity contribution in [3.63, 3.8) is 0 Å². The third kappa shape index (κ3) is 4.09. The zero-order chi connectivity index (χ0) is 15.4. The van der Waals surface area contributed by atoms with Gasteiger partial charge in [-0.1, -0.05) is 32.0 Å². The summed E-state index contributed by atoms with van der Waals surface area (Å²) in [6.45, 7) is 8.38. The summed E-state index contributed by atoms with van der Waals surface area (Å²) in [7, 11) is 0. The van der Waals surface area contributed by atoms with E-state index in [1.807, 2.05) is 49.4 Å². The first-order chi connectivity index (χ1) is 9.95. The molecular weight excluding hydrogens is 260 g/mol. The molecule has 0 saturated heterocycles. The van der Waals surface area contributed by atoms with Gasteiger partial charge in [-0.25, -0.2) is 4.79 Å². The number of hydrogen-bond donors (Lipinski definition) is 2. The number of carbonyl (C=O) groups is 1. The fraction of sp³-hybridized carbons (Fsp3) is 0.278. The number of benzene rings is 2. The predicted molar refractivity (Wildman–Crippen MR) is 89.1 cm³/mol. The fourth-order valence-electron chi connectivity index (χ4n) is 2.06. The lowest BCUT2D eigenvalue weighted by Gasteiger charge is -2.10. The van der Waals surface area contributed by atoms with Crippen LogP contribution >= 0.6 is 0 Å². The molecule has 0 aliphatic carbocycles. The van der Waals surface area contributed by atoms with Gasteiger partial charge in [-0.2, -0.15) is 0 Å². The Hall–Kier alpha value is -2.29. The van der Waals surface area contributed by atoms with Gasteiger partial charge in [-0.3, -0.25) is 0 Å². The van der Waals surface area contributed by atoms with E-state index in [4.69, 9.17) is 0 Å². The smallest absolute Gasteiger partial charge is 0.308 e. The van der Waals surface area contributed by atoms with Crippen molar-refractivity contribution in [3.05, 3.63) is 59.2 Å². The molecule has 0 fully saturated rings. The molecule has 2 rings (SSSR count). The molecule has 3 heteroatoms. The molecule has 0 radical (unpaired) electrons. The van der Waals surface area contributed by atoms with Crippen molar-refractivity contribution in [3.8, 4) is 0 Å². The summed E-state index contributed by atoms with van der Waals surface area (Å²) in [4.78, 5) is 12.0. The molecule has 21 heavy (non-hydrogen) atoms. The van der Waals surface area contributed by atoms with Crippen LogP contribution in [0.25, 0.3) is 0 Å². The van der Waals surface area contributed by atoms with E-state index in [1.54, 1.807) is 0 Å². The van der Waals surface area contributed by atoms with Crippen molar-refractivity contribution in [2.75, 3.05) is 10.6 Å². The second-order valence-corrected chi connectivity index (χ2v) is 5.65. The van der Waals surface area contributed by atoms with Crippen molar-refractivity contribution in [2.24, 2.45) is 0 Å². The fourth-order valence-corrected chi connectivity index (χ4v) is 2.06. The van der Waals surface area contributed by atoms with E-state index >= 15 is 0 Å². The first-order valence-electron chi connectivity index (χ1n) is 7.21. The van der Waals surface area contributed by atoms with Gasteiger partial charge >= 0.3 is 6.03 Å². The molecule has 0 heterocycles. The third-order valence-corrected chi connectivity index (χ3v) is 3.60. The Labute approximate surface area is 126 Å². The van der Waals surface area contributed by atoms with Crippen LogP contribution in [-0.4, -0.2) is 6.03 Å². The monoisotopic (exact) mass is 282 g/mol. The minimum atomic E-state index is -0.226. The van der Waals surface area contributed by atoms with E-state index in [0.29, 0.717) is 5.92 Å². The minimum absolute atomic E-state index is 0.226. The Balaban J connectivity index is 1.99. The number of carbonyl (C=O) groups excluding carboxylic acids is 1. The second-order valence-electron chi connectivity index (χ2n) is 5.65. The van der Waals surface area contributed by atoms with Gasteiger partial charge in [0, 0.05) is 11.4 Å². The Morgan fingerprint density at radius 1 is 0.857 bits per heavy atom.